The molecular formula is C14H31N5O. The van der Waals surface area contributed by atoms with Gasteiger partial charge in [-0.15, -0.1) is 0 Å². The number of nitrogens with one attached hydrogen (secondary N) is 1. The number of hydrogen-bond acceptors (Lipinski definition) is 4. The van der Waals surface area contributed by atoms with Crippen LogP contribution in [0.15, 0.2) is 4.99 Å². The van der Waals surface area contributed by atoms with E-state index < -0.39 is 0 Å². The fraction of sp³-hybridized carbons (Fsp3) is 0.929. The third-order valence-electron chi connectivity index (χ3n) is 3.69. The Morgan fingerprint density at radius 2 is 1.90 bits per heavy atom. The summed E-state index contributed by atoms with van der Waals surface area (Å²) in [6, 6.07) is 0. The highest BCUT2D eigenvalue weighted by Crippen LogP contribution is 2.03. The van der Waals surface area contributed by atoms with Crippen LogP contribution in [0.1, 0.15) is 19.8 Å². The molecule has 0 bridgehead atoms. The van der Waals surface area contributed by atoms with Crippen LogP contribution in [-0.4, -0.2) is 81.8 Å². The quantitative estimate of drug-likeness (QED) is 0.353. The minimum Gasteiger partial charge on any atom is -0.383 e. The van der Waals surface area contributed by atoms with Gasteiger partial charge in [-0.3, -0.25) is 4.99 Å². The zero-order chi connectivity index (χ0) is 14.6. The average molecular weight is 285 g/mol. The second kappa shape index (κ2) is 10.9. The van der Waals surface area contributed by atoms with Crippen LogP contribution in [0.5, 0.6) is 0 Å². The summed E-state index contributed by atoms with van der Waals surface area (Å²) in [6.07, 6.45) is 2.29. The van der Waals surface area contributed by atoms with E-state index in [-0.39, 0.29) is 0 Å². The van der Waals surface area contributed by atoms with Gasteiger partial charge in [0.25, 0.3) is 0 Å². The van der Waals surface area contributed by atoms with Crippen LogP contribution in [0, 0.1) is 0 Å². The number of nitrogens with zero attached hydrogens (tertiary/aromatic N) is 3. The van der Waals surface area contributed by atoms with Gasteiger partial charge in [0.15, 0.2) is 5.96 Å². The number of nitrogens with two attached hydrogens (primary N) is 1. The molecule has 0 amide bonds. The van der Waals surface area contributed by atoms with Gasteiger partial charge in [0.05, 0.1) is 6.61 Å². The number of aliphatic imine (C=N–C) groups is 1. The van der Waals surface area contributed by atoms with E-state index in [1.165, 1.54) is 45.7 Å². The molecule has 0 unspecified atom stereocenters. The van der Waals surface area contributed by atoms with E-state index in [0.29, 0.717) is 19.1 Å². The maximum atomic E-state index is 5.74. The van der Waals surface area contributed by atoms with Gasteiger partial charge in [-0.2, -0.15) is 0 Å². The Morgan fingerprint density at radius 1 is 1.20 bits per heavy atom. The number of unbranched alkanes of at least 4 members (excludes halogenated alkanes) is 1. The monoisotopic (exact) mass is 285 g/mol. The zero-order valence-corrected chi connectivity index (χ0v) is 13.1. The number of likely N-dealkylation sites (N-methyl/N-ethyl adjacent to an activating group) is 1. The first kappa shape index (κ1) is 17.2. The summed E-state index contributed by atoms with van der Waals surface area (Å²) in [4.78, 5) is 9.36. The van der Waals surface area contributed by atoms with Crippen LogP contribution in [0.3, 0.4) is 0 Å². The van der Waals surface area contributed by atoms with Crippen molar-refractivity contribution in [1.29, 1.82) is 0 Å². The lowest BCUT2D eigenvalue weighted by Crippen LogP contribution is -2.46. The van der Waals surface area contributed by atoms with E-state index in [4.69, 9.17) is 10.5 Å². The van der Waals surface area contributed by atoms with E-state index in [0.717, 1.165) is 13.0 Å². The van der Waals surface area contributed by atoms with Gasteiger partial charge in [-0.1, -0.05) is 6.92 Å². The molecule has 1 rings (SSSR count). The predicted octanol–water partition coefficient (Wildman–Crippen LogP) is -0.0452. The molecule has 6 heteroatoms. The molecule has 1 fully saturated rings. The molecule has 1 saturated heterocycles. The Labute approximate surface area is 123 Å². The summed E-state index contributed by atoms with van der Waals surface area (Å²) in [5.41, 5.74) is 5.74. The van der Waals surface area contributed by atoms with Crippen molar-refractivity contribution in [2.45, 2.75) is 19.8 Å². The molecule has 1 aliphatic heterocycles. The first-order valence-corrected chi connectivity index (χ1v) is 7.73. The molecule has 0 spiro atoms. The van der Waals surface area contributed by atoms with Crippen LogP contribution >= 0.6 is 0 Å². The fourth-order valence-corrected chi connectivity index (χ4v) is 2.31. The minimum atomic E-state index is 0.526. The summed E-state index contributed by atoms with van der Waals surface area (Å²) in [6.45, 7) is 11.6. The number of ether oxygens (including phenoxy) is 1. The van der Waals surface area contributed by atoms with Gasteiger partial charge < -0.3 is 25.6 Å². The molecule has 1 heterocycles. The molecule has 1 aliphatic rings. The van der Waals surface area contributed by atoms with E-state index in [1.807, 2.05) is 0 Å². The van der Waals surface area contributed by atoms with Gasteiger partial charge in [-0.05, 0) is 25.9 Å². The Bertz CT molecular complexity index is 264. The maximum absolute atomic E-state index is 5.74. The molecule has 0 aromatic heterocycles. The smallest absolute Gasteiger partial charge is 0.188 e. The van der Waals surface area contributed by atoms with Crippen molar-refractivity contribution in [2.75, 3.05) is 66.1 Å². The Balaban J connectivity index is 1.98. The van der Waals surface area contributed by atoms with Crippen molar-refractivity contribution in [1.82, 2.24) is 15.1 Å². The number of methoxy groups -OCH3 is 1. The topological polar surface area (TPSA) is 66.1 Å². The molecule has 0 aromatic carbocycles. The largest absolute Gasteiger partial charge is 0.383 e. The Morgan fingerprint density at radius 3 is 2.55 bits per heavy atom. The van der Waals surface area contributed by atoms with Gasteiger partial charge in [-0.25, -0.2) is 0 Å². The lowest BCUT2D eigenvalue weighted by atomic mass is 10.2. The molecule has 118 valence electrons. The van der Waals surface area contributed by atoms with Crippen LogP contribution in [0.4, 0.5) is 0 Å². The van der Waals surface area contributed by atoms with Crippen molar-refractivity contribution in [3.8, 4) is 0 Å². The summed E-state index contributed by atoms with van der Waals surface area (Å²) in [5, 5.41) is 3.02. The molecule has 0 atom stereocenters. The van der Waals surface area contributed by atoms with Crippen LogP contribution in [0.2, 0.25) is 0 Å². The predicted molar refractivity (Wildman–Crippen MR) is 84.2 cm³/mol. The van der Waals surface area contributed by atoms with E-state index in [9.17, 15) is 0 Å². The van der Waals surface area contributed by atoms with Crippen molar-refractivity contribution < 1.29 is 4.74 Å². The second-order valence-electron chi connectivity index (χ2n) is 5.17. The third-order valence-corrected chi connectivity index (χ3v) is 3.69. The number of piperazine rings is 1. The first-order valence-electron chi connectivity index (χ1n) is 7.73. The lowest BCUT2D eigenvalue weighted by molar-refractivity contribution is 0.136. The standard InChI is InChI=1S/C14H31N5O/c1-3-18-9-11-19(12-10-18)8-5-4-6-16-14(15)17-7-13-20-2/h3-13H2,1-2H3,(H3,15,16,17). The highest BCUT2D eigenvalue weighted by atomic mass is 16.5. The summed E-state index contributed by atoms with van der Waals surface area (Å²) >= 11 is 0. The van der Waals surface area contributed by atoms with E-state index in [2.05, 4.69) is 27.0 Å². The second-order valence-corrected chi connectivity index (χ2v) is 5.17. The molecular weight excluding hydrogens is 254 g/mol. The SMILES string of the molecule is CCN1CCN(CCCCN=C(N)NCCOC)CC1. The van der Waals surface area contributed by atoms with Gasteiger partial charge in [0.1, 0.15) is 0 Å². The molecule has 0 aliphatic carbocycles. The van der Waals surface area contributed by atoms with Gasteiger partial charge >= 0.3 is 0 Å². The van der Waals surface area contributed by atoms with E-state index >= 15 is 0 Å². The molecule has 6 nitrogen and oxygen atoms in total. The summed E-state index contributed by atoms with van der Waals surface area (Å²) in [7, 11) is 1.68. The maximum Gasteiger partial charge on any atom is 0.188 e. The van der Waals surface area contributed by atoms with Gasteiger partial charge in [0, 0.05) is 46.4 Å². The normalized spacial score (nSPS) is 18.4. The highest BCUT2D eigenvalue weighted by molar-refractivity contribution is 5.77. The van der Waals surface area contributed by atoms with Crippen molar-refractivity contribution >= 4 is 5.96 Å². The number of guanidine groups is 1. The Hall–Kier alpha value is -0.850. The zero-order valence-electron chi connectivity index (χ0n) is 13.1. The van der Waals surface area contributed by atoms with Crippen LogP contribution in [-0.2, 0) is 4.74 Å². The molecule has 3 N–H and O–H groups in total. The summed E-state index contributed by atoms with van der Waals surface area (Å²) < 4.78 is 4.94. The first-order chi connectivity index (χ1) is 9.76. The van der Waals surface area contributed by atoms with Gasteiger partial charge in [0.2, 0.25) is 0 Å². The molecule has 20 heavy (non-hydrogen) atoms. The third kappa shape index (κ3) is 7.67. The minimum absolute atomic E-state index is 0.526. The van der Waals surface area contributed by atoms with Crippen LogP contribution < -0.4 is 11.1 Å². The fourth-order valence-electron chi connectivity index (χ4n) is 2.31. The number of hydrogen-bond donors (Lipinski definition) is 2. The average Bonchev–Trinajstić information content (AvgIpc) is 2.48. The van der Waals surface area contributed by atoms with Crippen molar-refractivity contribution in [2.24, 2.45) is 10.7 Å². The Kier molecular flexibility index (Phi) is 9.36. The molecule has 0 aromatic rings. The lowest BCUT2D eigenvalue weighted by Gasteiger charge is -2.33. The molecule has 0 saturated carbocycles. The summed E-state index contributed by atoms with van der Waals surface area (Å²) in [5.74, 6) is 0.526. The van der Waals surface area contributed by atoms with Crippen molar-refractivity contribution in [3.63, 3.8) is 0 Å². The molecule has 0 radical (unpaired) electrons. The number of rotatable bonds is 9. The van der Waals surface area contributed by atoms with Crippen LogP contribution in [0.25, 0.3) is 0 Å². The van der Waals surface area contributed by atoms with Crippen molar-refractivity contribution in [3.05, 3.63) is 0 Å². The van der Waals surface area contributed by atoms with E-state index in [1.54, 1.807) is 7.11 Å². The highest BCUT2D eigenvalue weighted by Gasteiger charge is 2.14.